The molecule has 0 radical (unpaired) electrons. The first kappa shape index (κ1) is 26.0. The predicted octanol–water partition coefficient (Wildman–Crippen LogP) is 6.14. The topological polar surface area (TPSA) is 71.1 Å². The highest BCUT2D eigenvalue weighted by Crippen LogP contribution is 2.56. The smallest absolute Gasteiger partial charge is 0.333 e. The SMILES string of the molecule is C=C(C)C(=O)OCCC1(CCOC(=O)C(=C)C)c2cc(OC)c(OC)cc2-c2cc3ccccc3cc21. The third kappa shape index (κ3) is 4.84. The fourth-order valence-corrected chi connectivity index (χ4v) is 5.05. The quantitative estimate of drug-likeness (QED) is 0.246. The first-order chi connectivity index (χ1) is 17.7. The van der Waals surface area contributed by atoms with E-state index < -0.39 is 17.4 Å². The van der Waals surface area contributed by atoms with Crippen LogP contribution in [0.4, 0.5) is 0 Å². The highest BCUT2D eigenvalue weighted by Gasteiger charge is 2.44. The number of ether oxygens (including phenoxy) is 4. The molecule has 1 aliphatic carbocycles. The summed E-state index contributed by atoms with van der Waals surface area (Å²) >= 11 is 0. The van der Waals surface area contributed by atoms with E-state index in [0.29, 0.717) is 35.5 Å². The summed E-state index contributed by atoms with van der Waals surface area (Å²) in [4.78, 5) is 24.4. The Morgan fingerprint density at radius 3 is 1.70 bits per heavy atom. The second kappa shape index (κ2) is 10.5. The van der Waals surface area contributed by atoms with Crippen LogP contribution in [0.2, 0.25) is 0 Å². The van der Waals surface area contributed by atoms with Crippen LogP contribution in [-0.2, 0) is 24.5 Å². The van der Waals surface area contributed by atoms with Crippen molar-refractivity contribution >= 4 is 22.7 Å². The van der Waals surface area contributed by atoms with E-state index in [-0.39, 0.29) is 13.2 Å². The molecule has 0 saturated carbocycles. The van der Waals surface area contributed by atoms with Crippen LogP contribution in [0.5, 0.6) is 11.5 Å². The first-order valence-electron chi connectivity index (χ1n) is 12.2. The number of esters is 2. The van der Waals surface area contributed by atoms with E-state index in [2.05, 4.69) is 37.4 Å². The molecule has 4 rings (SSSR count). The molecular formula is C31H32O6. The summed E-state index contributed by atoms with van der Waals surface area (Å²) in [6.07, 6.45) is 0.953. The summed E-state index contributed by atoms with van der Waals surface area (Å²) in [6.45, 7) is 11.0. The minimum atomic E-state index is -0.612. The third-order valence-electron chi connectivity index (χ3n) is 6.95. The van der Waals surface area contributed by atoms with Gasteiger partial charge in [-0.15, -0.1) is 0 Å². The van der Waals surface area contributed by atoms with Crippen molar-refractivity contribution in [3.63, 3.8) is 0 Å². The van der Waals surface area contributed by atoms with E-state index in [1.54, 1.807) is 28.1 Å². The Hall–Kier alpha value is -4.06. The summed E-state index contributed by atoms with van der Waals surface area (Å²) in [7, 11) is 3.22. The second-order valence-electron chi connectivity index (χ2n) is 9.41. The molecule has 0 amide bonds. The van der Waals surface area contributed by atoms with Gasteiger partial charge in [-0.2, -0.15) is 0 Å². The molecular weight excluding hydrogens is 468 g/mol. The molecule has 0 heterocycles. The number of carbonyl (C=O) groups is 2. The fraction of sp³-hybridized carbons (Fsp3) is 0.290. The Balaban J connectivity index is 1.89. The van der Waals surface area contributed by atoms with Crippen LogP contribution < -0.4 is 9.47 Å². The maximum atomic E-state index is 12.2. The number of carbonyl (C=O) groups excluding carboxylic acids is 2. The van der Waals surface area contributed by atoms with Gasteiger partial charge in [0.05, 0.1) is 27.4 Å². The lowest BCUT2D eigenvalue weighted by atomic mass is 9.72. The highest BCUT2D eigenvalue weighted by atomic mass is 16.5. The lowest BCUT2D eigenvalue weighted by Gasteiger charge is -2.32. The summed E-state index contributed by atoms with van der Waals surface area (Å²) < 4.78 is 22.4. The Labute approximate surface area is 217 Å². The van der Waals surface area contributed by atoms with Crippen molar-refractivity contribution in [3.8, 4) is 22.6 Å². The van der Waals surface area contributed by atoms with Crippen LogP contribution in [0.15, 0.2) is 72.8 Å². The maximum Gasteiger partial charge on any atom is 0.333 e. The molecule has 0 aromatic heterocycles. The van der Waals surface area contributed by atoms with Gasteiger partial charge >= 0.3 is 11.9 Å². The number of methoxy groups -OCH3 is 2. The molecule has 192 valence electrons. The average molecular weight is 501 g/mol. The van der Waals surface area contributed by atoms with Gasteiger partial charge in [-0.3, -0.25) is 0 Å². The molecule has 3 aromatic carbocycles. The van der Waals surface area contributed by atoms with Crippen molar-refractivity contribution in [2.75, 3.05) is 27.4 Å². The monoisotopic (exact) mass is 500 g/mol. The number of fused-ring (bicyclic) bond motifs is 4. The summed E-state index contributed by atoms with van der Waals surface area (Å²) in [5, 5.41) is 2.20. The van der Waals surface area contributed by atoms with Crippen LogP contribution in [0.1, 0.15) is 37.8 Å². The van der Waals surface area contributed by atoms with Crippen molar-refractivity contribution in [2.45, 2.75) is 32.1 Å². The van der Waals surface area contributed by atoms with Crippen LogP contribution in [0.25, 0.3) is 21.9 Å². The summed E-state index contributed by atoms with van der Waals surface area (Å²) in [5.41, 5.74) is 4.23. The minimum Gasteiger partial charge on any atom is -0.493 e. The molecule has 3 aromatic rings. The van der Waals surface area contributed by atoms with E-state index in [4.69, 9.17) is 18.9 Å². The lowest BCUT2D eigenvalue weighted by molar-refractivity contribution is -0.139. The normalized spacial score (nSPS) is 12.9. The number of benzene rings is 3. The van der Waals surface area contributed by atoms with Gasteiger partial charge in [-0.05, 0) is 84.0 Å². The molecule has 0 atom stereocenters. The zero-order valence-corrected chi connectivity index (χ0v) is 21.8. The zero-order valence-electron chi connectivity index (χ0n) is 21.8. The van der Waals surface area contributed by atoms with Gasteiger partial charge in [0.25, 0.3) is 0 Å². The van der Waals surface area contributed by atoms with E-state index in [0.717, 1.165) is 33.0 Å². The van der Waals surface area contributed by atoms with Crippen molar-refractivity contribution in [2.24, 2.45) is 0 Å². The van der Waals surface area contributed by atoms with Crippen LogP contribution in [0, 0.1) is 0 Å². The molecule has 6 nitrogen and oxygen atoms in total. The zero-order chi connectivity index (χ0) is 26.7. The molecule has 0 bridgehead atoms. The van der Waals surface area contributed by atoms with Gasteiger partial charge in [0.15, 0.2) is 11.5 Å². The molecule has 0 aliphatic heterocycles. The van der Waals surface area contributed by atoms with E-state index in [1.165, 1.54) is 0 Å². The molecule has 0 saturated heterocycles. The molecule has 6 heteroatoms. The Kier molecular flexibility index (Phi) is 7.39. The Morgan fingerprint density at radius 1 is 0.730 bits per heavy atom. The van der Waals surface area contributed by atoms with Crippen LogP contribution >= 0.6 is 0 Å². The third-order valence-corrected chi connectivity index (χ3v) is 6.95. The second-order valence-corrected chi connectivity index (χ2v) is 9.41. The summed E-state index contributed by atoms with van der Waals surface area (Å²) in [6, 6.07) is 16.5. The predicted molar refractivity (Wildman–Crippen MR) is 144 cm³/mol. The van der Waals surface area contributed by atoms with Gasteiger partial charge in [0.2, 0.25) is 0 Å². The number of hydrogen-bond acceptors (Lipinski definition) is 6. The number of hydrogen-bond donors (Lipinski definition) is 0. The van der Waals surface area contributed by atoms with Crippen molar-refractivity contribution in [1.82, 2.24) is 0 Å². The molecule has 0 spiro atoms. The molecule has 0 unspecified atom stereocenters. The molecule has 0 N–H and O–H groups in total. The Bertz CT molecular complexity index is 1370. The standard InChI is InChI=1S/C31H32O6/c1-19(2)29(32)36-13-11-31(12-14-37-30(33)20(3)4)25-16-22-10-8-7-9-21(22)15-23(25)24-17-27(34-5)28(35-6)18-26(24)31/h7-10,15-18H,1,3,11-14H2,2,4-6H3. The van der Waals surface area contributed by atoms with Gasteiger partial charge < -0.3 is 18.9 Å². The first-order valence-corrected chi connectivity index (χ1v) is 12.2. The van der Waals surface area contributed by atoms with Crippen LogP contribution in [0.3, 0.4) is 0 Å². The van der Waals surface area contributed by atoms with Gasteiger partial charge in [-0.1, -0.05) is 37.4 Å². The average Bonchev–Trinajstić information content (AvgIpc) is 3.14. The van der Waals surface area contributed by atoms with Gasteiger partial charge in [-0.25, -0.2) is 9.59 Å². The van der Waals surface area contributed by atoms with E-state index in [1.807, 2.05) is 24.3 Å². The molecule has 37 heavy (non-hydrogen) atoms. The maximum absolute atomic E-state index is 12.2. The highest BCUT2D eigenvalue weighted by molar-refractivity contribution is 5.94. The number of rotatable bonds is 10. The van der Waals surface area contributed by atoms with Gasteiger partial charge in [0.1, 0.15) is 0 Å². The van der Waals surface area contributed by atoms with E-state index >= 15 is 0 Å². The minimum absolute atomic E-state index is 0.167. The largest absolute Gasteiger partial charge is 0.493 e. The fourth-order valence-electron chi connectivity index (χ4n) is 5.05. The lowest BCUT2D eigenvalue weighted by Crippen LogP contribution is -2.30. The molecule has 1 aliphatic rings. The Morgan fingerprint density at radius 2 is 1.19 bits per heavy atom. The van der Waals surface area contributed by atoms with Crippen LogP contribution in [-0.4, -0.2) is 39.4 Å². The summed E-state index contributed by atoms with van der Waals surface area (Å²) in [5.74, 6) is 0.348. The van der Waals surface area contributed by atoms with Crippen molar-refractivity contribution in [3.05, 3.63) is 84.0 Å². The van der Waals surface area contributed by atoms with E-state index in [9.17, 15) is 9.59 Å². The van der Waals surface area contributed by atoms with Crippen molar-refractivity contribution in [1.29, 1.82) is 0 Å². The van der Waals surface area contributed by atoms with Gasteiger partial charge in [0, 0.05) is 16.6 Å². The van der Waals surface area contributed by atoms with Crippen molar-refractivity contribution < 1.29 is 28.5 Å². The molecule has 0 fully saturated rings.